The van der Waals surface area contributed by atoms with Gasteiger partial charge in [0.25, 0.3) is 5.91 Å². The number of fused-ring (bicyclic) bond motifs is 4. The zero-order chi connectivity index (χ0) is 20.1. The molecule has 1 aliphatic heterocycles. The minimum Gasteiger partial charge on any atom is -0.507 e. The van der Waals surface area contributed by atoms with E-state index in [0.29, 0.717) is 29.4 Å². The number of phenols is 1. The van der Waals surface area contributed by atoms with Gasteiger partial charge in [-0.1, -0.05) is 24.3 Å². The molecule has 0 saturated carbocycles. The fourth-order valence-corrected chi connectivity index (χ4v) is 4.46. The maximum absolute atomic E-state index is 13.3. The molecule has 5 nitrogen and oxygen atoms in total. The van der Waals surface area contributed by atoms with Gasteiger partial charge < -0.3 is 15.0 Å². The van der Waals surface area contributed by atoms with Crippen LogP contribution in [0.15, 0.2) is 54.6 Å². The zero-order valence-corrected chi connectivity index (χ0v) is 16.1. The van der Waals surface area contributed by atoms with Gasteiger partial charge in [0.1, 0.15) is 11.4 Å². The number of carbonyl (C=O) groups excluding carboxylic acids is 1. The van der Waals surface area contributed by atoms with Gasteiger partial charge in [-0.25, -0.2) is 0 Å². The number of halogens is 1. The fourth-order valence-electron chi connectivity index (χ4n) is 4.21. The number of nitrogens with zero attached hydrogens (tertiary/aromatic N) is 2. The van der Waals surface area contributed by atoms with Crippen LogP contribution in [0.4, 0.5) is 5.69 Å². The number of amides is 1. The van der Waals surface area contributed by atoms with Crippen molar-refractivity contribution >= 4 is 44.9 Å². The van der Waals surface area contributed by atoms with E-state index in [1.165, 1.54) is 0 Å². The Balaban J connectivity index is 1.63. The summed E-state index contributed by atoms with van der Waals surface area (Å²) >= 11 is 6.25. The molecule has 1 atom stereocenters. The van der Waals surface area contributed by atoms with Crippen LogP contribution in [0, 0.1) is 11.3 Å². The number of hydrogen-bond acceptors (Lipinski definition) is 3. The van der Waals surface area contributed by atoms with Crippen molar-refractivity contribution in [3.05, 3.63) is 71.4 Å². The Labute approximate surface area is 171 Å². The van der Waals surface area contributed by atoms with Crippen LogP contribution >= 0.6 is 11.6 Å². The van der Waals surface area contributed by atoms with Gasteiger partial charge in [0.05, 0.1) is 17.3 Å². The minimum atomic E-state index is -0.191. The van der Waals surface area contributed by atoms with Gasteiger partial charge in [0.2, 0.25) is 0 Å². The van der Waals surface area contributed by atoms with Gasteiger partial charge in [0, 0.05) is 40.7 Å². The number of phenolic OH excluding ortho intramolecular Hbond substituents is 1. The summed E-state index contributed by atoms with van der Waals surface area (Å²) in [6.07, 6.45) is 0. The molecule has 1 aliphatic rings. The molecule has 0 spiro atoms. The molecule has 29 heavy (non-hydrogen) atoms. The fraction of sp³-hybridized carbons (Fsp3) is 0.130. The second kappa shape index (κ2) is 6.54. The van der Waals surface area contributed by atoms with Crippen molar-refractivity contribution in [3.63, 3.8) is 0 Å². The maximum Gasteiger partial charge on any atom is 0.274 e. The number of benzene rings is 3. The molecule has 2 heterocycles. The Morgan fingerprint density at radius 1 is 1.21 bits per heavy atom. The van der Waals surface area contributed by atoms with Crippen molar-refractivity contribution in [2.24, 2.45) is 0 Å². The van der Waals surface area contributed by atoms with Crippen LogP contribution < -0.4 is 4.90 Å². The van der Waals surface area contributed by atoms with Crippen LogP contribution in [0.5, 0.6) is 5.75 Å². The Morgan fingerprint density at radius 2 is 2.00 bits per heavy atom. The summed E-state index contributed by atoms with van der Waals surface area (Å²) in [6.45, 7) is 0.448. The van der Waals surface area contributed by atoms with E-state index in [0.717, 1.165) is 27.2 Å². The molecule has 142 valence electrons. The highest BCUT2D eigenvalue weighted by Crippen LogP contribution is 2.45. The molecule has 0 fully saturated rings. The highest BCUT2D eigenvalue weighted by atomic mass is 35.5. The largest absolute Gasteiger partial charge is 0.507 e. The standard InChI is InChI=1S/C23H16ClN3O2/c24-10-15-12-27(20-9-21(28)16-3-1-2-4-17(16)22(15)20)23(29)19-8-14-7-13(11-25)5-6-18(14)26-19/h1-9,15,26,28H,10,12H2/t15-/m1/s1. The number of alkyl halides is 1. The number of aromatic amines is 1. The molecule has 2 N–H and O–H groups in total. The van der Waals surface area contributed by atoms with Gasteiger partial charge in [0.15, 0.2) is 0 Å². The summed E-state index contributed by atoms with van der Waals surface area (Å²) in [7, 11) is 0. The lowest BCUT2D eigenvalue weighted by Crippen LogP contribution is -2.30. The third-order valence-electron chi connectivity index (χ3n) is 5.56. The average molecular weight is 402 g/mol. The van der Waals surface area contributed by atoms with Crippen LogP contribution in [0.25, 0.3) is 21.7 Å². The van der Waals surface area contributed by atoms with E-state index < -0.39 is 0 Å². The van der Waals surface area contributed by atoms with Crippen molar-refractivity contribution in [3.8, 4) is 11.8 Å². The molecule has 0 unspecified atom stereocenters. The summed E-state index contributed by atoms with van der Waals surface area (Å²) in [5.74, 6) is 0.311. The van der Waals surface area contributed by atoms with Crippen molar-refractivity contribution in [2.45, 2.75) is 5.92 Å². The minimum absolute atomic E-state index is 0.0179. The van der Waals surface area contributed by atoms with E-state index in [4.69, 9.17) is 16.9 Å². The molecular weight excluding hydrogens is 386 g/mol. The van der Waals surface area contributed by atoms with Crippen LogP contribution in [0.1, 0.15) is 27.5 Å². The maximum atomic E-state index is 13.3. The first-order chi connectivity index (χ1) is 14.1. The third-order valence-corrected chi connectivity index (χ3v) is 5.93. The molecule has 1 aromatic heterocycles. The van der Waals surface area contributed by atoms with E-state index in [-0.39, 0.29) is 17.6 Å². The molecule has 6 heteroatoms. The lowest BCUT2D eigenvalue weighted by molar-refractivity contribution is 0.0984. The smallest absolute Gasteiger partial charge is 0.274 e. The molecule has 0 bridgehead atoms. The first-order valence-electron chi connectivity index (χ1n) is 9.26. The van der Waals surface area contributed by atoms with Crippen molar-refractivity contribution in [1.29, 1.82) is 5.26 Å². The molecule has 5 rings (SSSR count). The van der Waals surface area contributed by atoms with E-state index in [2.05, 4.69) is 11.1 Å². The quantitative estimate of drug-likeness (QED) is 0.470. The SMILES string of the molecule is N#Cc1ccc2[nH]c(C(=O)N3C[C@@H](CCl)c4c3cc(O)c3ccccc43)cc2c1. The number of rotatable bonds is 2. The second-order valence-electron chi connectivity index (χ2n) is 7.24. The molecule has 3 aromatic carbocycles. The lowest BCUT2D eigenvalue weighted by Gasteiger charge is -2.17. The first kappa shape index (κ1) is 17.6. The van der Waals surface area contributed by atoms with Crippen LogP contribution in [0.3, 0.4) is 0 Å². The number of aromatic hydroxyl groups is 1. The number of nitriles is 1. The lowest BCUT2D eigenvalue weighted by atomic mass is 9.95. The third kappa shape index (κ3) is 2.65. The molecule has 0 radical (unpaired) electrons. The summed E-state index contributed by atoms with van der Waals surface area (Å²) in [5.41, 5.74) is 3.45. The topological polar surface area (TPSA) is 80.1 Å². The van der Waals surface area contributed by atoms with Gasteiger partial charge in [-0.05, 0) is 35.2 Å². The summed E-state index contributed by atoms with van der Waals surface area (Å²) < 4.78 is 0. The summed E-state index contributed by atoms with van der Waals surface area (Å²) in [4.78, 5) is 18.2. The van der Waals surface area contributed by atoms with Gasteiger partial charge in [-0.2, -0.15) is 5.26 Å². The normalized spacial score (nSPS) is 15.6. The average Bonchev–Trinajstić information content (AvgIpc) is 3.34. The molecule has 1 amide bonds. The van der Waals surface area contributed by atoms with E-state index in [1.54, 1.807) is 35.2 Å². The number of H-pyrrole nitrogens is 1. The van der Waals surface area contributed by atoms with E-state index in [1.807, 2.05) is 24.3 Å². The predicted molar refractivity (Wildman–Crippen MR) is 114 cm³/mol. The highest BCUT2D eigenvalue weighted by molar-refractivity contribution is 6.19. The molecule has 0 saturated heterocycles. The number of hydrogen-bond donors (Lipinski definition) is 2. The second-order valence-corrected chi connectivity index (χ2v) is 7.55. The Kier molecular flexibility index (Phi) is 3.97. The van der Waals surface area contributed by atoms with Crippen molar-refractivity contribution in [2.75, 3.05) is 17.3 Å². The first-order valence-corrected chi connectivity index (χ1v) is 9.79. The van der Waals surface area contributed by atoms with Gasteiger partial charge >= 0.3 is 0 Å². The molecular formula is C23H16ClN3O2. The van der Waals surface area contributed by atoms with Gasteiger partial charge in [-0.15, -0.1) is 11.6 Å². The number of nitrogens with one attached hydrogen (secondary N) is 1. The Morgan fingerprint density at radius 3 is 2.76 bits per heavy atom. The molecule has 0 aliphatic carbocycles. The van der Waals surface area contributed by atoms with Crippen molar-refractivity contribution < 1.29 is 9.90 Å². The monoisotopic (exact) mass is 401 g/mol. The van der Waals surface area contributed by atoms with Crippen LogP contribution in [-0.4, -0.2) is 28.4 Å². The number of carbonyl (C=O) groups is 1. The predicted octanol–water partition coefficient (Wildman–Crippen LogP) is 4.88. The highest BCUT2D eigenvalue weighted by Gasteiger charge is 2.35. The Hall–Kier alpha value is -3.49. The van der Waals surface area contributed by atoms with Crippen LogP contribution in [-0.2, 0) is 0 Å². The number of aromatic nitrogens is 1. The molecule has 4 aromatic rings. The van der Waals surface area contributed by atoms with Crippen molar-refractivity contribution in [1.82, 2.24) is 4.98 Å². The van der Waals surface area contributed by atoms with E-state index >= 15 is 0 Å². The summed E-state index contributed by atoms with van der Waals surface area (Å²) in [6, 6.07) is 18.4. The van der Waals surface area contributed by atoms with Crippen LogP contribution in [0.2, 0.25) is 0 Å². The number of anilines is 1. The summed E-state index contributed by atoms with van der Waals surface area (Å²) in [5, 5.41) is 22.1. The van der Waals surface area contributed by atoms with Gasteiger partial charge in [-0.3, -0.25) is 4.79 Å². The Bertz CT molecular complexity index is 1340. The zero-order valence-electron chi connectivity index (χ0n) is 15.3. The van der Waals surface area contributed by atoms with E-state index in [9.17, 15) is 9.90 Å².